The number of rotatable bonds is 2. The smallest absolute Gasteiger partial charge is 0.313 e. The van der Waals surface area contributed by atoms with E-state index in [-0.39, 0.29) is 11.3 Å². The number of hydrogen-bond acceptors (Lipinski definition) is 3. The van der Waals surface area contributed by atoms with Crippen LogP contribution in [0, 0.1) is 0 Å². The minimum Gasteiger partial charge on any atom is -0.366 e. The minimum atomic E-state index is -1.10. The van der Waals surface area contributed by atoms with Crippen molar-refractivity contribution in [1.82, 2.24) is 0 Å². The lowest BCUT2D eigenvalue weighted by molar-refractivity contribution is -0.134. The molecule has 78 valence electrons. The molecule has 0 spiro atoms. The van der Waals surface area contributed by atoms with Gasteiger partial charge in [0.05, 0.1) is 0 Å². The summed E-state index contributed by atoms with van der Waals surface area (Å²) in [5.41, 5.74) is 10.3. The molecule has 0 saturated heterocycles. The fourth-order valence-electron chi connectivity index (χ4n) is 0.943. The van der Waals surface area contributed by atoms with E-state index in [2.05, 4.69) is 5.32 Å². The second-order valence-corrected chi connectivity index (χ2v) is 2.76. The maximum Gasteiger partial charge on any atom is 0.313 e. The molecule has 6 nitrogen and oxygen atoms in total. The molecule has 0 fully saturated rings. The van der Waals surface area contributed by atoms with Gasteiger partial charge in [-0.15, -0.1) is 0 Å². The third kappa shape index (κ3) is 2.80. The minimum absolute atomic E-state index is 0.234. The van der Waals surface area contributed by atoms with E-state index in [0.717, 1.165) is 0 Å². The number of benzene rings is 1. The fourth-order valence-corrected chi connectivity index (χ4v) is 0.943. The lowest BCUT2D eigenvalue weighted by Gasteiger charge is -2.03. The van der Waals surface area contributed by atoms with Crippen molar-refractivity contribution < 1.29 is 14.4 Å². The normalized spacial score (nSPS) is 9.33. The van der Waals surface area contributed by atoms with E-state index in [9.17, 15) is 14.4 Å². The van der Waals surface area contributed by atoms with Gasteiger partial charge in [-0.05, 0) is 18.2 Å². The van der Waals surface area contributed by atoms with Crippen molar-refractivity contribution in [2.45, 2.75) is 0 Å². The van der Waals surface area contributed by atoms with Gasteiger partial charge >= 0.3 is 11.8 Å². The van der Waals surface area contributed by atoms with Crippen molar-refractivity contribution >= 4 is 23.4 Å². The van der Waals surface area contributed by atoms with Gasteiger partial charge in [0, 0.05) is 11.3 Å². The average molecular weight is 207 g/mol. The lowest BCUT2D eigenvalue weighted by atomic mass is 10.2. The number of carbonyl (C=O) groups is 3. The molecule has 6 heteroatoms. The lowest BCUT2D eigenvalue weighted by Crippen LogP contribution is -2.29. The molecule has 0 heterocycles. The Morgan fingerprint density at radius 3 is 2.33 bits per heavy atom. The van der Waals surface area contributed by atoms with Crippen LogP contribution in [-0.4, -0.2) is 17.7 Å². The molecular weight excluding hydrogens is 198 g/mol. The summed E-state index contributed by atoms with van der Waals surface area (Å²) < 4.78 is 0. The molecule has 0 aliphatic carbocycles. The highest BCUT2D eigenvalue weighted by Gasteiger charge is 2.09. The summed E-state index contributed by atoms with van der Waals surface area (Å²) in [4.78, 5) is 32.1. The van der Waals surface area contributed by atoms with Gasteiger partial charge < -0.3 is 16.8 Å². The highest BCUT2D eigenvalue weighted by atomic mass is 16.2. The van der Waals surface area contributed by atoms with Gasteiger partial charge in [-0.1, -0.05) is 6.07 Å². The van der Waals surface area contributed by atoms with Crippen LogP contribution in [0.5, 0.6) is 0 Å². The average Bonchev–Trinajstić information content (AvgIpc) is 2.18. The summed E-state index contributed by atoms with van der Waals surface area (Å²) >= 11 is 0. The van der Waals surface area contributed by atoms with Crippen molar-refractivity contribution in [3.63, 3.8) is 0 Å². The van der Waals surface area contributed by atoms with Crippen molar-refractivity contribution in [2.24, 2.45) is 11.5 Å². The summed E-state index contributed by atoms with van der Waals surface area (Å²) in [6.07, 6.45) is 0. The van der Waals surface area contributed by atoms with Gasteiger partial charge in [-0.25, -0.2) is 0 Å². The number of anilines is 1. The van der Waals surface area contributed by atoms with Crippen LogP contribution in [0.4, 0.5) is 5.69 Å². The summed E-state index contributed by atoms with van der Waals surface area (Å²) in [6.45, 7) is 0. The predicted molar refractivity (Wildman–Crippen MR) is 52.8 cm³/mol. The van der Waals surface area contributed by atoms with Crippen LogP contribution in [0.25, 0.3) is 0 Å². The van der Waals surface area contributed by atoms with E-state index in [4.69, 9.17) is 11.5 Å². The fraction of sp³-hybridized carbons (Fsp3) is 0. The standard InChI is InChI=1S/C9H9N3O3/c10-7(13)5-2-1-3-6(4-5)12-9(15)8(11)14/h1-4H,(H2,10,13)(H2,11,14)(H,12,15). The first-order valence-corrected chi connectivity index (χ1v) is 4.01. The Kier molecular flexibility index (Phi) is 3.02. The third-order valence-electron chi connectivity index (χ3n) is 1.63. The molecule has 1 aromatic carbocycles. The van der Waals surface area contributed by atoms with Crippen molar-refractivity contribution in [3.05, 3.63) is 29.8 Å². The zero-order valence-corrected chi connectivity index (χ0v) is 7.69. The molecule has 0 aliphatic rings. The summed E-state index contributed by atoms with van der Waals surface area (Å²) in [5.74, 6) is -2.67. The summed E-state index contributed by atoms with van der Waals surface area (Å²) in [7, 11) is 0. The topological polar surface area (TPSA) is 115 Å². The Morgan fingerprint density at radius 2 is 1.80 bits per heavy atom. The molecule has 0 aromatic heterocycles. The maximum absolute atomic E-state index is 10.9. The molecule has 0 radical (unpaired) electrons. The van der Waals surface area contributed by atoms with E-state index >= 15 is 0 Å². The molecule has 1 aromatic rings. The van der Waals surface area contributed by atoms with Gasteiger partial charge in [-0.3, -0.25) is 14.4 Å². The Hall–Kier alpha value is -2.37. The van der Waals surface area contributed by atoms with Crippen molar-refractivity contribution in [1.29, 1.82) is 0 Å². The Morgan fingerprint density at radius 1 is 1.13 bits per heavy atom. The molecule has 5 N–H and O–H groups in total. The van der Waals surface area contributed by atoms with Crippen LogP contribution in [-0.2, 0) is 9.59 Å². The third-order valence-corrected chi connectivity index (χ3v) is 1.63. The molecular formula is C9H9N3O3. The number of nitrogens with two attached hydrogens (primary N) is 2. The number of hydrogen-bond donors (Lipinski definition) is 3. The van der Waals surface area contributed by atoms with Crippen LogP contribution < -0.4 is 16.8 Å². The number of carbonyl (C=O) groups excluding carboxylic acids is 3. The highest BCUT2D eigenvalue weighted by Crippen LogP contribution is 2.09. The molecule has 3 amide bonds. The van der Waals surface area contributed by atoms with Crippen molar-refractivity contribution in [3.8, 4) is 0 Å². The predicted octanol–water partition coefficient (Wildman–Crippen LogP) is -0.791. The molecule has 15 heavy (non-hydrogen) atoms. The van der Waals surface area contributed by atoms with Gasteiger partial charge in [0.25, 0.3) is 0 Å². The summed E-state index contributed by atoms with van der Waals surface area (Å²) in [5, 5.41) is 2.22. The Balaban J connectivity index is 2.87. The second-order valence-electron chi connectivity index (χ2n) is 2.76. The maximum atomic E-state index is 10.9. The van der Waals surface area contributed by atoms with Gasteiger partial charge in [0.15, 0.2) is 0 Å². The van der Waals surface area contributed by atoms with Crippen LogP contribution in [0.15, 0.2) is 24.3 Å². The summed E-state index contributed by atoms with van der Waals surface area (Å²) in [6, 6.07) is 5.87. The zero-order valence-electron chi connectivity index (χ0n) is 7.69. The van der Waals surface area contributed by atoms with E-state index in [1.807, 2.05) is 0 Å². The van der Waals surface area contributed by atoms with Crippen LogP contribution in [0.1, 0.15) is 10.4 Å². The largest absolute Gasteiger partial charge is 0.366 e. The first-order valence-electron chi connectivity index (χ1n) is 4.01. The molecule has 0 atom stereocenters. The van der Waals surface area contributed by atoms with Crippen LogP contribution >= 0.6 is 0 Å². The molecule has 0 unspecified atom stereocenters. The Bertz CT molecular complexity index is 428. The SMILES string of the molecule is NC(=O)C(=O)Nc1cccc(C(N)=O)c1. The van der Waals surface area contributed by atoms with E-state index in [1.165, 1.54) is 24.3 Å². The molecule has 0 saturated carbocycles. The van der Waals surface area contributed by atoms with Gasteiger partial charge in [-0.2, -0.15) is 0 Å². The molecule has 0 bridgehead atoms. The van der Waals surface area contributed by atoms with Crippen LogP contribution in [0.3, 0.4) is 0 Å². The monoisotopic (exact) mass is 207 g/mol. The van der Waals surface area contributed by atoms with Gasteiger partial charge in [0.1, 0.15) is 0 Å². The highest BCUT2D eigenvalue weighted by molar-refractivity contribution is 6.39. The van der Waals surface area contributed by atoms with E-state index in [0.29, 0.717) is 0 Å². The zero-order chi connectivity index (χ0) is 11.4. The van der Waals surface area contributed by atoms with E-state index in [1.54, 1.807) is 0 Å². The first kappa shape index (κ1) is 10.7. The molecule has 0 aliphatic heterocycles. The van der Waals surface area contributed by atoms with Gasteiger partial charge in [0.2, 0.25) is 5.91 Å². The first-order chi connectivity index (χ1) is 7.00. The molecule has 1 rings (SSSR count). The number of primary amides is 2. The Labute approximate surface area is 85.2 Å². The van der Waals surface area contributed by atoms with Crippen molar-refractivity contribution in [2.75, 3.05) is 5.32 Å². The van der Waals surface area contributed by atoms with Crippen LogP contribution in [0.2, 0.25) is 0 Å². The second kappa shape index (κ2) is 4.23. The quantitative estimate of drug-likeness (QED) is 0.552. The number of nitrogens with one attached hydrogen (secondary N) is 1. The van der Waals surface area contributed by atoms with E-state index < -0.39 is 17.7 Å². The number of amides is 3.